The van der Waals surface area contributed by atoms with Gasteiger partial charge in [0.05, 0.1) is 11.5 Å². The zero-order valence-corrected chi connectivity index (χ0v) is 13.3. The number of hydrogen-bond donors (Lipinski definition) is 1. The molecule has 0 radical (unpaired) electrons. The molecule has 0 aromatic heterocycles. The Morgan fingerprint density at radius 3 is 2.38 bits per heavy atom. The van der Waals surface area contributed by atoms with Gasteiger partial charge in [-0.1, -0.05) is 0 Å². The van der Waals surface area contributed by atoms with Crippen LogP contribution < -0.4 is 0 Å². The Morgan fingerprint density at radius 1 is 1.29 bits per heavy atom. The zero-order chi connectivity index (χ0) is 15.8. The summed E-state index contributed by atoms with van der Waals surface area (Å²) in [5.74, 6) is -0.600. The summed E-state index contributed by atoms with van der Waals surface area (Å²) >= 11 is 0. The summed E-state index contributed by atoms with van der Waals surface area (Å²) in [6, 6.07) is 3.76. The molecule has 1 heterocycles. The van der Waals surface area contributed by atoms with Crippen LogP contribution in [0.2, 0.25) is 0 Å². The molecule has 21 heavy (non-hydrogen) atoms. The van der Waals surface area contributed by atoms with Gasteiger partial charge in [0, 0.05) is 30.7 Å². The van der Waals surface area contributed by atoms with Crippen LogP contribution in [0, 0.1) is 5.82 Å². The van der Waals surface area contributed by atoms with E-state index in [1.54, 1.807) is 0 Å². The molecule has 118 valence electrons. The van der Waals surface area contributed by atoms with Crippen LogP contribution in [0.1, 0.15) is 19.4 Å². The van der Waals surface area contributed by atoms with Crippen LogP contribution in [0.5, 0.6) is 0 Å². The van der Waals surface area contributed by atoms with Crippen molar-refractivity contribution in [1.82, 2.24) is 9.21 Å². The highest BCUT2D eigenvalue weighted by atomic mass is 32.2. The fourth-order valence-electron chi connectivity index (χ4n) is 2.53. The molecule has 2 atom stereocenters. The molecule has 0 amide bonds. The van der Waals surface area contributed by atoms with E-state index in [1.807, 2.05) is 20.9 Å². The van der Waals surface area contributed by atoms with Gasteiger partial charge in [0.2, 0.25) is 10.0 Å². The highest BCUT2D eigenvalue weighted by molar-refractivity contribution is 7.89. The average molecular weight is 316 g/mol. The first-order valence-corrected chi connectivity index (χ1v) is 8.32. The molecular formula is C14H21FN2O3S. The number of sulfonamides is 1. The van der Waals surface area contributed by atoms with Crippen molar-refractivity contribution in [1.29, 1.82) is 0 Å². The predicted molar refractivity (Wildman–Crippen MR) is 77.8 cm³/mol. The first kappa shape index (κ1) is 16.4. The number of aliphatic hydroxyl groups excluding tert-OH is 1. The molecule has 1 aromatic carbocycles. The maximum Gasteiger partial charge on any atom is 0.243 e. The van der Waals surface area contributed by atoms with Gasteiger partial charge in [-0.15, -0.1) is 0 Å². The van der Waals surface area contributed by atoms with E-state index in [9.17, 15) is 12.8 Å². The van der Waals surface area contributed by atoms with E-state index < -0.39 is 22.4 Å². The Labute approximate surface area is 125 Å². The number of likely N-dealkylation sites (N-methyl/N-ethyl adjacent to an activating group) is 1. The van der Waals surface area contributed by atoms with Gasteiger partial charge < -0.3 is 5.11 Å². The molecule has 1 aliphatic rings. The van der Waals surface area contributed by atoms with Crippen LogP contribution in [-0.4, -0.2) is 55.0 Å². The number of nitrogens with zero attached hydrogens (tertiary/aromatic N) is 2. The Balaban J connectivity index is 2.34. The van der Waals surface area contributed by atoms with Crippen molar-refractivity contribution in [2.24, 2.45) is 0 Å². The second-order valence-corrected chi connectivity index (χ2v) is 7.53. The van der Waals surface area contributed by atoms with Crippen molar-refractivity contribution in [3.8, 4) is 0 Å². The molecule has 0 aliphatic carbocycles. The fraction of sp³-hybridized carbons (Fsp3) is 0.571. The van der Waals surface area contributed by atoms with E-state index in [-0.39, 0.29) is 22.5 Å². The SMILES string of the molecule is CC1CN(S(=O)(=O)c2ccc(F)c(CO)c2)CC(C)N1C. The number of piperazine rings is 1. The summed E-state index contributed by atoms with van der Waals surface area (Å²) in [5.41, 5.74) is -0.00806. The molecule has 1 saturated heterocycles. The Bertz CT molecular complexity index is 609. The van der Waals surface area contributed by atoms with Crippen molar-refractivity contribution in [2.45, 2.75) is 37.4 Å². The van der Waals surface area contributed by atoms with Gasteiger partial charge in [0.25, 0.3) is 0 Å². The first-order chi connectivity index (χ1) is 9.77. The fourth-order valence-corrected chi connectivity index (χ4v) is 4.19. The summed E-state index contributed by atoms with van der Waals surface area (Å²) in [6.45, 7) is 4.22. The lowest BCUT2D eigenvalue weighted by atomic mass is 10.1. The van der Waals surface area contributed by atoms with Crippen molar-refractivity contribution < 1.29 is 17.9 Å². The molecule has 5 nitrogen and oxygen atoms in total. The van der Waals surface area contributed by atoms with Gasteiger partial charge in [0.1, 0.15) is 5.82 Å². The molecule has 2 rings (SSSR count). The Kier molecular flexibility index (Phi) is 4.67. The van der Waals surface area contributed by atoms with E-state index in [2.05, 4.69) is 4.90 Å². The lowest BCUT2D eigenvalue weighted by Gasteiger charge is -2.41. The number of aliphatic hydroxyl groups is 1. The topological polar surface area (TPSA) is 60.9 Å². The monoisotopic (exact) mass is 316 g/mol. The van der Waals surface area contributed by atoms with Crippen molar-refractivity contribution in [2.75, 3.05) is 20.1 Å². The lowest BCUT2D eigenvalue weighted by molar-refractivity contribution is 0.105. The third kappa shape index (κ3) is 3.11. The molecule has 2 unspecified atom stereocenters. The third-order valence-electron chi connectivity index (χ3n) is 4.15. The molecule has 1 fully saturated rings. The average Bonchev–Trinajstić information content (AvgIpc) is 2.44. The molecule has 0 spiro atoms. The van der Waals surface area contributed by atoms with Crippen LogP contribution in [0.25, 0.3) is 0 Å². The van der Waals surface area contributed by atoms with Crippen molar-refractivity contribution >= 4 is 10.0 Å². The normalized spacial score (nSPS) is 25.2. The second kappa shape index (κ2) is 6.00. The number of halogens is 1. The van der Waals surface area contributed by atoms with Crippen molar-refractivity contribution in [3.05, 3.63) is 29.6 Å². The third-order valence-corrected chi connectivity index (χ3v) is 5.98. The van der Waals surface area contributed by atoms with Gasteiger partial charge >= 0.3 is 0 Å². The van der Waals surface area contributed by atoms with E-state index in [0.717, 1.165) is 6.07 Å². The van der Waals surface area contributed by atoms with E-state index >= 15 is 0 Å². The number of rotatable bonds is 3. The standard InChI is InChI=1S/C14H21FN2O3S/c1-10-7-17(8-11(2)16(10)3)21(19,20)13-4-5-14(15)12(6-13)9-18/h4-6,10-11,18H,7-9H2,1-3H3. The summed E-state index contributed by atoms with van der Waals surface area (Å²) in [4.78, 5) is 2.16. The van der Waals surface area contributed by atoms with Crippen LogP contribution >= 0.6 is 0 Å². The Hall–Kier alpha value is -1.02. The minimum absolute atomic E-state index is 0.00806. The van der Waals surface area contributed by atoms with Crippen LogP contribution in [-0.2, 0) is 16.6 Å². The van der Waals surface area contributed by atoms with Gasteiger partial charge in [-0.2, -0.15) is 4.31 Å². The zero-order valence-electron chi connectivity index (χ0n) is 12.5. The van der Waals surface area contributed by atoms with Crippen LogP contribution in [0.3, 0.4) is 0 Å². The molecule has 1 N–H and O–H groups in total. The maximum atomic E-state index is 13.4. The van der Waals surface area contributed by atoms with Crippen LogP contribution in [0.4, 0.5) is 4.39 Å². The van der Waals surface area contributed by atoms with Gasteiger partial charge in [0.15, 0.2) is 0 Å². The maximum absolute atomic E-state index is 13.4. The smallest absolute Gasteiger partial charge is 0.243 e. The molecule has 0 bridgehead atoms. The minimum Gasteiger partial charge on any atom is -0.392 e. The molecule has 1 aliphatic heterocycles. The van der Waals surface area contributed by atoms with Gasteiger partial charge in [-0.05, 0) is 39.1 Å². The largest absolute Gasteiger partial charge is 0.392 e. The predicted octanol–water partition coefficient (Wildman–Crippen LogP) is 1.03. The van der Waals surface area contributed by atoms with E-state index in [0.29, 0.717) is 13.1 Å². The van der Waals surface area contributed by atoms with E-state index in [1.165, 1.54) is 16.4 Å². The lowest BCUT2D eigenvalue weighted by Crippen LogP contribution is -2.56. The minimum atomic E-state index is -3.67. The van der Waals surface area contributed by atoms with Gasteiger partial charge in [-0.25, -0.2) is 12.8 Å². The first-order valence-electron chi connectivity index (χ1n) is 6.88. The molecule has 7 heteroatoms. The molecular weight excluding hydrogens is 295 g/mol. The van der Waals surface area contributed by atoms with Gasteiger partial charge in [-0.3, -0.25) is 4.90 Å². The van der Waals surface area contributed by atoms with E-state index in [4.69, 9.17) is 5.11 Å². The number of hydrogen-bond acceptors (Lipinski definition) is 4. The highest BCUT2D eigenvalue weighted by Gasteiger charge is 2.34. The summed E-state index contributed by atoms with van der Waals surface area (Å²) < 4.78 is 40.2. The molecule has 0 saturated carbocycles. The highest BCUT2D eigenvalue weighted by Crippen LogP contribution is 2.23. The van der Waals surface area contributed by atoms with Crippen molar-refractivity contribution in [3.63, 3.8) is 0 Å². The summed E-state index contributed by atoms with van der Waals surface area (Å²) in [7, 11) is -1.70. The molecule has 1 aromatic rings. The number of benzene rings is 1. The summed E-state index contributed by atoms with van der Waals surface area (Å²) in [6.07, 6.45) is 0. The van der Waals surface area contributed by atoms with Crippen LogP contribution in [0.15, 0.2) is 23.1 Å². The summed E-state index contributed by atoms with van der Waals surface area (Å²) in [5, 5.41) is 9.08. The quantitative estimate of drug-likeness (QED) is 0.905. The second-order valence-electron chi connectivity index (χ2n) is 5.60. The Morgan fingerprint density at radius 2 is 1.86 bits per heavy atom.